The van der Waals surface area contributed by atoms with Crippen LogP contribution in [0, 0.1) is 5.41 Å². The summed E-state index contributed by atoms with van der Waals surface area (Å²) in [6, 6.07) is 8.49. The molecule has 5 aliphatic heterocycles. The van der Waals surface area contributed by atoms with E-state index in [0.29, 0.717) is 54.9 Å². The summed E-state index contributed by atoms with van der Waals surface area (Å²) in [5.74, 6) is -0.769. The molecular formula is C50H67N7O7S. The minimum Gasteiger partial charge on any atom is -0.464 e. The van der Waals surface area contributed by atoms with Crippen molar-refractivity contribution in [3.8, 4) is 22.5 Å². The smallest absolute Gasteiger partial charge is 0.408 e. The molecule has 65 heavy (non-hydrogen) atoms. The number of alkyl carbamates (subject to hydrolysis) is 1. The number of carbonyl (C=O) groups excluding carboxylic acids is 3. The number of ether oxygens (including phenoxy) is 4. The Morgan fingerprint density at radius 3 is 2.46 bits per heavy atom. The van der Waals surface area contributed by atoms with Crippen LogP contribution in [0.5, 0.6) is 0 Å². The fourth-order valence-corrected chi connectivity index (χ4v) is 11.7. The van der Waals surface area contributed by atoms with Gasteiger partial charge in [-0.1, -0.05) is 40.7 Å². The van der Waals surface area contributed by atoms with Gasteiger partial charge in [0.25, 0.3) is 5.91 Å². The first kappa shape index (κ1) is 45.7. The molecule has 8 heterocycles. The number of aromatic nitrogens is 3. The number of piperidine rings is 1. The molecule has 5 aliphatic rings. The van der Waals surface area contributed by atoms with E-state index in [1.165, 1.54) is 27.5 Å². The molecule has 2 amide bonds. The fourth-order valence-electron chi connectivity index (χ4n) is 10.8. The number of hydrogen-bond donors (Lipinski definition) is 2. The zero-order valence-corrected chi connectivity index (χ0v) is 40.4. The van der Waals surface area contributed by atoms with Crippen molar-refractivity contribution in [2.24, 2.45) is 5.41 Å². The van der Waals surface area contributed by atoms with Crippen molar-refractivity contribution in [2.45, 2.75) is 155 Å². The molecule has 0 radical (unpaired) electrons. The van der Waals surface area contributed by atoms with Crippen LogP contribution < -0.4 is 10.7 Å². The maximum absolute atomic E-state index is 14.4. The lowest BCUT2D eigenvalue weighted by molar-refractivity contribution is -0.159. The van der Waals surface area contributed by atoms with Crippen molar-refractivity contribution >= 4 is 40.2 Å². The molecule has 1 unspecified atom stereocenters. The summed E-state index contributed by atoms with van der Waals surface area (Å²) in [5, 5.41) is 8.18. The van der Waals surface area contributed by atoms with E-state index < -0.39 is 41.1 Å². The highest BCUT2D eigenvalue weighted by molar-refractivity contribution is 7.10. The molecule has 0 spiro atoms. The molecule has 15 heteroatoms. The van der Waals surface area contributed by atoms with Crippen molar-refractivity contribution in [1.82, 2.24) is 35.2 Å². The Morgan fingerprint density at radius 2 is 1.78 bits per heavy atom. The SMILES string of the molecule is CCn1c(-c2cc(C3C[C@H]4COC[C@@H](C3)N4C3COC3)cnc2C(C)C)c2c3cc(ccc31)-c1csc(n1)[C@@H](C)[C@H](NC(=O)OC(C)(C)C)C(=O)N1CCC[C@H](N1)C(=O)OCC(C)(C)C2. The van der Waals surface area contributed by atoms with Crippen molar-refractivity contribution in [1.29, 1.82) is 0 Å². The average Bonchev–Trinajstić information content (AvgIpc) is 3.85. The summed E-state index contributed by atoms with van der Waals surface area (Å²) >= 11 is 1.46. The number of fused-ring (bicyclic) bond motifs is 8. The molecule has 14 nitrogen and oxygen atoms in total. The van der Waals surface area contributed by atoms with Crippen molar-refractivity contribution in [3.05, 3.63) is 57.7 Å². The maximum atomic E-state index is 14.4. The number of aryl methyl sites for hydroxylation is 1. The Kier molecular flexibility index (Phi) is 12.7. The Labute approximate surface area is 387 Å². The summed E-state index contributed by atoms with van der Waals surface area (Å²) in [4.78, 5) is 54.8. The van der Waals surface area contributed by atoms with Gasteiger partial charge in [0.1, 0.15) is 17.7 Å². The number of pyridine rings is 1. The predicted molar refractivity (Wildman–Crippen MR) is 251 cm³/mol. The van der Waals surface area contributed by atoms with Crippen molar-refractivity contribution in [3.63, 3.8) is 0 Å². The summed E-state index contributed by atoms with van der Waals surface area (Å²) < 4.78 is 26.0. The molecule has 8 bridgehead atoms. The van der Waals surface area contributed by atoms with Gasteiger partial charge in [-0.2, -0.15) is 0 Å². The van der Waals surface area contributed by atoms with Gasteiger partial charge in [-0.3, -0.25) is 24.5 Å². The molecule has 2 N–H and O–H groups in total. The van der Waals surface area contributed by atoms with Gasteiger partial charge in [0.2, 0.25) is 0 Å². The monoisotopic (exact) mass is 909 g/mol. The number of benzene rings is 1. The molecule has 0 saturated carbocycles. The molecule has 350 valence electrons. The van der Waals surface area contributed by atoms with Gasteiger partial charge in [-0.25, -0.2) is 15.2 Å². The number of esters is 1. The number of hydrogen-bond acceptors (Lipinski definition) is 12. The third-order valence-corrected chi connectivity index (χ3v) is 15.0. The fraction of sp³-hybridized carbons (Fsp3) is 0.620. The van der Waals surface area contributed by atoms with Crippen LogP contribution in [-0.4, -0.2) is 118 Å². The number of cyclic esters (lactones) is 1. The van der Waals surface area contributed by atoms with E-state index in [2.05, 4.69) is 85.3 Å². The number of nitrogens with one attached hydrogen (secondary N) is 2. The van der Waals surface area contributed by atoms with Crippen LogP contribution in [0.3, 0.4) is 0 Å². The third kappa shape index (κ3) is 9.20. The predicted octanol–water partition coefficient (Wildman–Crippen LogP) is 7.93. The molecular weight excluding hydrogens is 843 g/mol. The van der Waals surface area contributed by atoms with Crippen LogP contribution in [0.1, 0.15) is 128 Å². The topological polar surface area (TPSA) is 149 Å². The molecule has 4 aromatic rings. The zero-order chi connectivity index (χ0) is 45.9. The molecule has 6 atom stereocenters. The van der Waals surface area contributed by atoms with Crippen LogP contribution in [-0.2, 0) is 41.5 Å². The lowest BCUT2D eigenvalue weighted by atomic mass is 9.79. The normalized spacial score (nSPS) is 26.7. The number of nitrogens with zero attached hydrogens (tertiary/aromatic N) is 5. The molecule has 9 rings (SSSR count). The molecule has 4 fully saturated rings. The van der Waals surface area contributed by atoms with Gasteiger partial charge in [0.15, 0.2) is 0 Å². The number of rotatable bonds is 6. The zero-order valence-electron chi connectivity index (χ0n) is 39.6. The van der Waals surface area contributed by atoms with E-state index in [-0.39, 0.29) is 18.4 Å². The standard InChI is InChI=1S/C50H67N7O7S/c1-10-55-41-14-13-30-18-36(41)38(44(55)37-19-32(21-51-42(37)28(2)3)31-16-33-22-61-23-34(17-31)57(33)35-24-62-25-35)20-50(8,9)27-63-47(59)39-12-11-15-56(54-39)46(58)43(53-48(60)64-49(5,6)7)29(4)45-52-40(30)26-65-45/h13-14,18-19,21,26,28-29,31,33-35,39,43,54H,10-12,15-17,20,22-25,27H2,1-9H3,(H,53,60)/t29-,31?,33-,34+,39-,43-/m0/s1. The van der Waals surface area contributed by atoms with E-state index in [9.17, 15) is 14.4 Å². The van der Waals surface area contributed by atoms with Crippen LogP contribution in [0.2, 0.25) is 0 Å². The summed E-state index contributed by atoms with van der Waals surface area (Å²) in [5.41, 5.74) is 10.6. The Bertz CT molecular complexity index is 2420. The quantitative estimate of drug-likeness (QED) is 0.182. The highest BCUT2D eigenvalue weighted by Gasteiger charge is 2.45. The van der Waals surface area contributed by atoms with E-state index in [4.69, 9.17) is 28.9 Å². The number of carbonyl (C=O) groups is 3. The molecule has 4 saturated heterocycles. The maximum Gasteiger partial charge on any atom is 0.408 e. The van der Waals surface area contributed by atoms with Crippen LogP contribution in [0.4, 0.5) is 4.79 Å². The van der Waals surface area contributed by atoms with Gasteiger partial charge in [-0.15, -0.1) is 11.3 Å². The van der Waals surface area contributed by atoms with Crippen LogP contribution in [0.15, 0.2) is 35.8 Å². The summed E-state index contributed by atoms with van der Waals surface area (Å²) in [6.07, 6.45) is 5.22. The second-order valence-electron chi connectivity index (χ2n) is 21.1. The highest BCUT2D eigenvalue weighted by atomic mass is 32.1. The summed E-state index contributed by atoms with van der Waals surface area (Å²) in [7, 11) is 0. The first-order chi connectivity index (χ1) is 31.0. The lowest BCUT2D eigenvalue weighted by Crippen LogP contribution is -2.64. The van der Waals surface area contributed by atoms with Gasteiger partial charge in [0.05, 0.1) is 61.2 Å². The summed E-state index contributed by atoms with van der Waals surface area (Å²) in [6.45, 7) is 22.6. The van der Waals surface area contributed by atoms with Gasteiger partial charge >= 0.3 is 12.1 Å². The van der Waals surface area contributed by atoms with E-state index in [1.807, 2.05) is 12.3 Å². The van der Waals surface area contributed by atoms with Gasteiger partial charge in [-0.05, 0) is 101 Å². The molecule has 0 aliphatic carbocycles. The average molecular weight is 910 g/mol. The second-order valence-corrected chi connectivity index (χ2v) is 21.9. The van der Waals surface area contributed by atoms with Crippen molar-refractivity contribution < 1.29 is 33.3 Å². The van der Waals surface area contributed by atoms with Crippen LogP contribution in [0.25, 0.3) is 33.4 Å². The minimum atomic E-state index is -1.02. The lowest BCUT2D eigenvalue weighted by Gasteiger charge is -2.53. The van der Waals surface area contributed by atoms with Crippen molar-refractivity contribution in [2.75, 3.05) is 39.6 Å². The Balaban J connectivity index is 1.15. The van der Waals surface area contributed by atoms with Crippen LogP contribution >= 0.6 is 11.3 Å². The molecule has 3 aromatic heterocycles. The number of amides is 2. The van der Waals surface area contributed by atoms with E-state index >= 15 is 0 Å². The minimum absolute atomic E-state index is 0.171. The number of morpholine rings is 1. The first-order valence-electron chi connectivity index (χ1n) is 23.8. The molecule has 1 aromatic carbocycles. The Hall–Kier alpha value is -4.41. The first-order valence-corrected chi connectivity index (χ1v) is 24.6. The number of thiazole rings is 1. The highest BCUT2D eigenvalue weighted by Crippen LogP contribution is 2.45. The Morgan fingerprint density at radius 1 is 1.06 bits per heavy atom. The van der Waals surface area contributed by atoms with Gasteiger partial charge < -0.3 is 28.8 Å². The van der Waals surface area contributed by atoms with E-state index in [0.717, 1.165) is 84.9 Å². The number of hydrazine groups is 1. The second kappa shape index (κ2) is 18.0. The van der Waals surface area contributed by atoms with Gasteiger partial charge in [0, 0.05) is 70.1 Å². The largest absolute Gasteiger partial charge is 0.464 e. The van der Waals surface area contributed by atoms with E-state index in [1.54, 1.807) is 20.8 Å². The third-order valence-electron chi connectivity index (χ3n) is 14.0.